The number of hydrogen-bond donors (Lipinski definition) is 3. The largest absolute Gasteiger partial charge is 0.489 e. The van der Waals surface area contributed by atoms with Gasteiger partial charge in [0.2, 0.25) is 0 Å². The highest BCUT2D eigenvalue weighted by Gasteiger charge is 2.32. The Hall–Kier alpha value is -4.16. The summed E-state index contributed by atoms with van der Waals surface area (Å²) in [5.41, 5.74) is 3.48. The number of H-pyrrole nitrogens is 1. The molecule has 0 bridgehead atoms. The average Bonchev–Trinajstić information content (AvgIpc) is 3.26. The summed E-state index contributed by atoms with van der Waals surface area (Å²) >= 11 is 0. The van der Waals surface area contributed by atoms with Gasteiger partial charge < -0.3 is 20.1 Å². The van der Waals surface area contributed by atoms with E-state index in [2.05, 4.69) is 27.2 Å². The monoisotopic (exact) mass is 488 g/mol. The van der Waals surface area contributed by atoms with Crippen molar-refractivity contribution in [2.75, 3.05) is 18.6 Å². The zero-order valence-corrected chi connectivity index (χ0v) is 21.0. The van der Waals surface area contributed by atoms with E-state index in [0.717, 1.165) is 16.7 Å². The Morgan fingerprint density at radius 1 is 1.31 bits per heavy atom. The summed E-state index contributed by atoms with van der Waals surface area (Å²) in [5.74, 6) is 5.42. The second kappa shape index (κ2) is 9.84. The van der Waals surface area contributed by atoms with Crippen molar-refractivity contribution in [1.82, 2.24) is 15.4 Å². The molecule has 1 atom stereocenters. The molecule has 0 saturated carbocycles. The number of aromatic nitrogens is 3. The topological polar surface area (TPSA) is 111 Å². The minimum absolute atomic E-state index is 0.0281. The maximum Gasteiger partial charge on any atom is 0.340 e. The number of ether oxygens (including phenoxy) is 1. The second-order valence-electron chi connectivity index (χ2n) is 9.43. The molecule has 4 rings (SSSR count). The molecule has 2 heterocycles. The Labute approximate surface area is 210 Å². The van der Waals surface area contributed by atoms with Gasteiger partial charge in [-0.1, -0.05) is 30.0 Å². The molecule has 0 aliphatic carbocycles. The first kappa shape index (κ1) is 24.9. The van der Waals surface area contributed by atoms with Crippen molar-refractivity contribution < 1.29 is 24.1 Å². The highest BCUT2D eigenvalue weighted by atomic mass is 16.5. The van der Waals surface area contributed by atoms with E-state index in [-0.39, 0.29) is 18.3 Å². The number of aromatic amines is 1. The molecule has 3 N–H and O–H groups in total. The number of amides is 2. The molecule has 1 aliphatic heterocycles. The van der Waals surface area contributed by atoms with Crippen LogP contribution in [0.2, 0.25) is 0 Å². The quantitative estimate of drug-likeness (QED) is 0.382. The number of anilines is 1. The molecule has 186 valence electrons. The Morgan fingerprint density at radius 3 is 2.72 bits per heavy atom. The minimum atomic E-state index is -1.14. The highest BCUT2D eigenvalue weighted by Crippen LogP contribution is 2.31. The van der Waals surface area contributed by atoms with E-state index in [1.54, 1.807) is 50.1 Å². The van der Waals surface area contributed by atoms with Crippen LogP contribution in [0.5, 0.6) is 5.75 Å². The van der Waals surface area contributed by atoms with Crippen molar-refractivity contribution in [3.63, 3.8) is 0 Å². The lowest BCUT2D eigenvalue weighted by molar-refractivity contribution is -0.743. The van der Waals surface area contributed by atoms with Crippen LogP contribution in [-0.2, 0) is 11.3 Å². The molecule has 9 nitrogen and oxygen atoms in total. The predicted octanol–water partition coefficient (Wildman–Crippen LogP) is 1.64. The van der Waals surface area contributed by atoms with E-state index in [1.807, 2.05) is 32.0 Å². The molecule has 0 spiro atoms. The van der Waals surface area contributed by atoms with Gasteiger partial charge in [0.05, 0.1) is 5.69 Å². The number of likely N-dealkylation sites (N-methyl/N-ethyl adjacent to an activating group) is 1. The summed E-state index contributed by atoms with van der Waals surface area (Å²) < 4.78 is 7.57. The number of hydrogen-bond acceptors (Lipinski definition) is 5. The zero-order valence-electron chi connectivity index (χ0n) is 21.0. The third kappa shape index (κ3) is 5.56. The summed E-state index contributed by atoms with van der Waals surface area (Å²) in [5, 5.41) is 15.6. The zero-order chi connectivity index (χ0) is 26.0. The molecule has 0 saturated heterocycles. The molecular weight excluding hydrogens is 458 g/mol. The maximum atomic E-state index is 13.1. The number of aliphatic hydroxyl groups is 1. The van der Waals surface area contributed by atoms with Gasteiger partial charge >= 0.3 is 18.1 Å². The van der Waals surface area contributed by atoms with E-state index in [1.165, 1.54) is 4.90 Å². The first-order valence-electron chi connectivity index (χ1n) is 11.6. The van der Waals surface area contributed by atoms with E-state index in [9.17, 15) is 14.7 Å². The number of fused-ring (bicyclic) bond motifs is 1. The Kier molecular flexibility index (Phi) is 6.82. The molecule has 1 aliphatic rings. The molecule has 0 radical (unpaired) electrons. The normalized spacial score (nSPS) is 15.3. The Morgan fingerprint density at radius 2 is 2.03 bits per heavy atom. The van der Waals surface area contributed by atoms with E-state index in [0.29, 0.717) is 23.5 Å². The first-order chi connectivity index (χ1) is 17.0. The van der Waals surface area contributed by atoms with E-state index < -0.39 is 17.6 Å². The number of carbonyl (C=O) groups excluding carboxylic acids is 2. The summed E-state index contributed by atoms with van der Waals surface area (Å²) in [7, 11) is 1.62. The van der Waals surface area contributed by atoms with Crippen molar-refractivity contribution in [3.05, 3.63) is 70.8 Å². The molecule has 2 aromatic carbocycles. The van der Waals surface area contributed by atoms with Crippen LogP contribution in [0, 0.1) is 25.7 Å². The van der Waals surface area contributed by atoms with Crippen molar-refractivity contribution >= 4 is 17.5 Å². The fourth-order valence-corrected chi connectivity index (χ4v) is 3.91. The van der Waals surface area contributed by atoms with Crippen molar-refractivity contribution in [2.45, 2.75) is 45.9 Å². The summed E-state index contributed by atoms with van der Waals surface area (Å²) in [6.45, 7) is 7.80. The summed E-state index contributed by atoms with van der Waals surface area (Å²) in [4.78, 5) is 31.7. The fraction of sp³-hybridized carbons (Fsp3) is 0.333. The molecule has 36 heavy (non-hydrogen) atoms. The van der Waals surface area contributed by atoms with Gasteiger partial charge in [-0.2, -0.15) is 9.78 Å². The maximum absolute atomic E-state index is 13.1. The van der Waals surface area contributed by atoms with Gasteiger partial charge in [0.25, 0.3) is 5.91 Å². The van der Waals surface area contributed by atoms with Crippen molar-refractivity contribution in [1.29, 1.82) is 0 Å². The fourth-order valence-electron chi connectivity index (χ4n) is 3.91. The van der Waals surface area contributed by atoms with Gasteiger partial charge in [-0.15, -0.1) is 0 Å². The molecule has 3 aromatic rings. The standard InChI is InChI=1S/C27H29N5O4/c1-17-7-6-8-18(2)20(17)14-32-16-28-24(30-32)25(33)29-21-15-36-23-10-9-19(11-12-27(3,4)35)13-22(23)31(5)26(21)34/h6-10,13,16,21,35H,14-15H2,1-5H3,(H,29,33)/p+1. The third-order valence-electron chi connectivity index (χ3n) is 5.94. The first-order valence-corrected chi connectivity index (χ1v) is 11.6. The number of nitrogens with zero attached hydrogens (tertiary/aromatic N) is 3. The van der Waals surface area contributed by atoms with Gasteiger partial charge in [0.1, 0.15) is 30.5 Å². The van der Waals surface area contributed by atoms with Gasteiger partial charge in [-0.25, -0.2) is 0 Å². The van der Waals surface area contributed by atoms with E-state index >= 15 is 0 Å². The Bertz CT molecular complexity index is 1360. The molecular formula is C27H30N5O4+. The van der Waals surface area contributed by atoms with Crippen LogP contribution in [0.3, 0.4) is 0 Å². The van der Waals surface area contributed by atoms with Crippen LogP contribution in [0.4, 0.5) is 5.69 Å². The Balaban J connectivity index is 1.47. The lowest BCUT2D eigenvalue weighted by Crippen LogP contribution is -2.49. The molecule has 9 heteroatoms. The number of nitrogens with one attached hydrogen (secondary N) is 2. The third-order valence-corrected chi connectivity index (χ3v) is 5.94. The van der Waals surface area contributed by atoms with Gasteiger partial charge in [0.15, 0.2) is 0 Å². The SMILES string of the molecule is Cc1cccc(C)c1C[n+]1cnc(C(=O)NC2COc3ccc(C#CC(C)(C)O)cc3N(C)C2=O)[nH]1. The smallest absolute Gasteiger partial charge is 0.340 e. The minimum Gasteiger partial charge on any atom is -0.489 e. The molecule has 2 amide bonds. The number of rotatable bonds is 4. The molecule has 1 aromatic heterocycles. The number of benzene rings is 2. The predicted molar refractivity (Wildman–Crippen MR) is 134 cm³/mol. The second-order valence-corrected chi connectivity index (χ2v) is 9.43. The van der Waals surface area contributed by atoms with Crippen LogP contribution in [-0.4, -0.2) is 52.3 Å². The van der Waals surface area contributed by atoms with Gasteiger partial charge in [-0.05, 0) is 62.0 Å². The van der Waals surface area contributed by atoms with Crippen LogP contribution >= 0.6 is 0 Å². The van der Waals surface area contributed by atoms with E-state index in [4.69, 9.17) is 4.74 Å². The summed E-state index contributed by atoms with van der Waals surface area (Å²) in [6.07, 6.45) is 1.56. The van der Waals surface area contributed by atoms with Gasteiger partial charge in [-0.3, -0.25) is 9.59 Å². The van der Waals surface area contributed by atoms with Crippen molar-refractivity contribution in [3.8, 4) is 17.6 Å². The highest BCUT2D eigenvalue weighted by molar-refractivity contribution is 6.02. The van der Waals surface area contributed by atoms with Crippen LogP contribution < -0.4 is 19.6 Å². The summed E-state index contributed by atoms with van der Waals surface area (Å²) in [6, 6.07) is 10.4. The molecule has 1 unspecified atom stereocenters. The lowest BCUT2D eigenvalue weighted by atomic mass is 10.0. The van der Waals surface area contributed by atoms with Crippen molar-refractivity contribution in [2.24, 2.45) is 0 Å². The van der Waals surface area contributed by atoms with Gasteiger partial charge in [0, 0.05) is 18.2 Å². The average molecular weight is 489 g/mol. The van der Waals surface area contributed by atoms with Crippen LogP contribution in [0.1, 0.15) is 46.7 Å². The number of carbonyl (C=O) groups is 2. The van der Waals surface area contributed by atoms with Crippen LogP contribution in [0.15, 0.2) is 42.7 Å². The number of aryl methyl sites for hydroxylation is 2. The molecule has 0 fully saturated rings. The van der Waals surface area contributed by atoms with Crippen LogP contribution in [0.25, 0.3) is 0 Å². The lowest BCUT2D eigenvalue weighted by Gasteiger charge is -2.19.